The lowest BCUT2D eigenvalue weighted by Gasteiger charge is -2.42. The zero-order valence-corrected chi connectivity index (χ0v) is 14.5. The smallest absolute Gasteiger partial charge is 0.0510 e. The molecule has 0 bridgehead atoms. The number of piperidine rings is 1. The van der Waals surface area contributed by atoms with Gasteiger partial charge in [-0.3, -0.25) is 0 Å². The van der Waals surface area contributed by atoms with Crippen molar-refractivity contribution in [2.24, 2.45) is 11.1 Å². The van der Waals surface area contributed by atoms with Gasteiger partial charge in [-0.1, -0.05) is 32.8 Å². The van der Waals surface area contributed by atoms with Crippen LogP contribution in [0.4, 0.5) is 5.69 Å². The topological polar surface area (TPSA) is 29.3 Å². The van der Waals surface area contributed by atoms with Crippen molar-refractivity contribution < 1.29 is 0 Å². The van der Waals surface area contributed by atoms with E-state index in [1.165, 1.54) is 41.4 Å². The summed E-state index contributed by atoms with van der Waals surface area (Å²) in [5, 5.41) is 0. The van der Waals surface area contributed by atoms with Gasteiger partial charge in [-0.25, -0.2) is 0 Å². The first-order valence-electron chi connectivity index (χ1n) is 7.81. The molecule has 3 heteroatoms. The molecule has 0 spiro atoms. The first-order valence-corrected chi connectivity index (χ1v) is 8.60. The molecule has 2 nitrogen and oxygen atoms in total. The number of hydrogen-bond acceptors (Lipinski definition) is 2. The highest BCUT2D eigenvalue weighted by Crippen LogP contribution is 2.40. The maximum Gasteiger partial charge on any atom is 0.0510 e. The summed E-state index contributed by atoms with van der Waals surface area (Å²) in [7, 11) is 0. The summed E-state index contributed by atoms with van der Waals surface area (Å²) in [5.74, 6) is 0. The molecule has 1 aromatic rings. The van der Waals surface area contributed by atoms with E-state index in [0.29, 0.717) is 5.41 Å². The van der Waals surface area contributed by atoms with E-state index in [9.17, 15) is 0 Å². The van der Waals surface area contributed by atoms with Crippen LogP contribution in [0.15, 0.2) is 22.7 Å². The van der Waals surface area contributed by atoms with Gasteiger partial charge in [-0.05, 0) is 58.8 Å². The molecular weight excluding hydrogens is 312 g/mol. The monoisotopic (exact) mass is 338 g/mol. The van der Waals surface area contributed by atoms with E-state index in [2.05, 4.69) is 52.9 Å². The molecule has 1 unspecified atom stereocenters. The molecule has 1 atom stereocenters. The summed E-state index contributed by atoms with van der Waals surface area (Å²) in [5.41, 5.74) is 9.03. The van der Waals surface area contributed by atoms with Crippen LogP contribution in [0.1, 0.15) is 58.1 Å². The Morgan fingerprint density at radius 1 is 1.25 bits per heavy atom. The summed E-state index contributed by atoms with van der Waals surface area (Å²) < 4.78 is 1.17. The lowest BCUT2D eigenvalue weighted by atomic mass is 9.74. The average Bonchev–Trinajstić information content (AvgIpc) is 2.47. The van der Waals surface area contributed by atoms with Gasteiger partial charge in [0.1, 0.15) is 0 Å². The van der Waals surface area contributed by atoms with Gasteiger partial charge in [0.05, 0.1) is 5.69 Å². The number of anilines is 1. The first-order chi connectivity index (χ1) is 9.51. The minimum absolute atomic E-state index is 0.0922. The van der Waals surface area contributed by atoms with E-state index < -0.39 is 0 Å². The van der Waals surface area contributed by atoms with Crippen LogP contribution in [0.5, 0.6) is 0 Å². The summed E-state index contributed by atoms with van der Waals surface area (Å²) >= 11 is 3.72. The standard InChI is InChI=1S/C17H27BrN2/c1-4-17(5-2)8-10-20(11-9-17)16-7-6-14(13(3)19)12-15(16)18/h6-7,12-13H,4-5,8-11,19H2,1-3H3. The van der Waals surface area contributed by atoms with Crippen molar-refractivity contribution in [2.75, 3.05) is 18.0 Å². The summed E-state index contributed by atoms with van der Waals surface area (Å²) in [4.78, 5) is 2.51. The second-order valence-electron chi connectivity index (χ2n) is 6.19. The van der Waals surface area contributed by atoms with Crippen molar-refractivity contribution >= 4 is 21.6 Å². The first kappa shape index (κ1) is 15.8. The molecule has 0 radical (unpaired) electrons. The Bertz CT molecular complexity index is 442. The maximum absolute atomic E-state index is 5.95. The molecule has 1 aliphatic rings. The van der Waals surface area contributed by atoms with Crippen LogP contribution in [0.3, 0.4) is 0 Å². The lowest BCUT2D eigenvalue weighted by molar-refractivity contribution is 0.199. The number of nitrogens with two attached hydrogens (primary N) is 1. The molecule has 1 aromatic carbocycles. The second-order valence-corrected chi connectivity index (χ2v) is 7.05. The maximum atomic E-state index is 5.95. The van der Waals surface area contributed by atoms with Crippen molar-refractivity contribution in [1.29, 1.82) is 0 Å². The van der Waals surface area contributed by atoms with Crippen molar-refractivity contribution in [2.45, 2.75) is 52.5 Å². The number of nitrogens with zero attached hydrogens (tertiary/aromatic N) is 1. The largest absolute Gasteiger partial charge is 0.371 e. The molecule has 1 heterocycles. The highest BCUT2D eigenvalue weighted by atomic mass is 79.9. The second kappa shape index (κ2) is 6.48. The van der Waals surface area contributed by atoms with Crippen LogP contribution < -0.4 is 10.6 Å². The van der Waals surface area contributed by atoms with Crippen molar-refractivity contribution in [3.05, 3.63) is 28.2 Å². The lowest BCUT2D eigenvalue weighted by Crippen LogP contribution is -2.39. The van der Waals surface area contributed by atoms with E-state index in [-0.39, 0.29) is 6.04 Å². The highest BCUT2D eigenvalue weighted by Gasteiger charge is 2.31. The molecule has 20 heavy (non-hydrogen) atoms. The van der Waals surface area contributed by atoms with Crippen LogP contribution in [0.2, 0.25) is 0 Å². The Kier molecular flexibility index (Phi) is 5.14. The molecule has 0 amide bonds. The van der Waals surface area contributed by atoms with Crippen molar-refractivity contribution in [1.82, 2.24) is 0 Å². The fourth-order valence-electron chi connectivity index (χ4n) is 3.24. The molecule has 2 rings (SSSR count). The number of benzene rings is 1. The summed E-state index contributed by atoms with van der Waals surface area (Å²) in [6.45, 7) is 9.04. The van der Waals surface area contributed by atoms with Crippen molar-refractivity contribution in [3.8, 4) is 0 Å². The average molecular weight is 339 g/mol. The Balaban J connectivity index is 2.11. The predicted octanol–water partition coefficient (Wildman–Crippen LogP) is 4.88. The van der Waals surface area contributed by atoms with E-state index in [1.54, 1.807) is 0 Å². The molecule has 112 valence electrons. The Hall–Kier alpha value is -0.540. The van der Waals surface area contributed by atoms with E-state index in [0.717, 1.165) is 13.1 Å². The van der Waals surface area contributed by atoms with Crippen LogP contribution in [0, 0.1) is 5.41 Å². The minimum atomic E-state index is 0.0922. The normalized spacial score (nSPS) is 19.9. The van der Waals surface area contributed by atoms with Crippen molar-refractivity contribution in [3.63, 3.8) is 0 Å². The van der Waals surface area contributed by atoms with Crippen LogP contribution >= 0.6 is 15.9 Å². The van der Waals surface area contributed by atoms with Crippen LogP contribution in [0.25, 0.3) is 0 Å². The van der Waals surface area contributed by atoms with Gasteiger partial charge in [0, 0.05) is 23.6 Å². The van der Waals surface area contributed by atoms with Crippen LogP contribution in [-0.2, 0) is 0 Å². The van der Waals surface area contributed by atoms with Gasteiger partial charge in [0.2, 0.25) is 0 Å². The summed E-state index contributed by atoms with van der Waals surface area (Å²) in [6, 6.07) is 6.64. The SMILES string of the molecule is CCC1(CC)CCN(c2ccc(C(C)N)cc2Br)CC1. The fraction of sp³-hybridized carbons (Fsp3) is 0.647. The number of hydrogen-bond donors (Lipinski definition) is 1. The van der Waals surface area contributed by atoms with Gasteiger partial charge in [0.25, 0.3) is 0 Å². The van der Waals surface area contributed by atoms with Gasteiger partial charge in [-0.2, -0.15) is 0 Å². The molecule has 1 saturated heterocycles. The molecule has 1 aliphatic heterocycles. The third-order valence-electron chi connectivity index (χ3n) is 5.16. The third-order valence-corrected chi connectivity index (χ3v) is 5.80. The predicted molar refractivity (Wildman–Crippen MR) is 91.2 cm³/mol. The van der Waals surface area contributed by atoms with Gasteiger partial charge < -0.3 is 10.6 Å². The summed E-state index contributed by atoms with van der Waals surface area (Å²) in [6.07, 6.45) is 5.23. The Morgan fingerprint density at radius 2 is 1.85 bits per heavy atom. The van der Waals surface area contributed by atoms with E-state index in [4.69, 9.17) is 5.73 Å². The minimum Gasteiger partial charge on any atom is -0.371 e. The number of rotatable bonds is 4. The van der Waals surface area contributed by atoms with Gasteiger partial charge >= 0.3 is 0 Å². The molecule has 0 aliphatic carbocycles. The molecule has 1 fully saturated rings. The highest BCUT2D eigenvalue weighted by molar-refractivity contribution is 9.10. The van der Waals surface area contributed by atoms with Gasteiger partial charge in [-0.15, -0.1) is 0 Å². The van der Waals surface area contributed by atoms with E-state index in [1.807, 2.05) is 6.92 Å². The molecular formula is C17H27BrN2. The molecule has 2 N–H and O–H groups in total. The van der Waals surface area contributed by atoms with Crippen LogP contribution in [-0.4, -0.2) is 13.1 Å². The number of halogens is 1. The Labute approximate surface area is 131 Å². The fourth-order valence-corrected chi connectivity index (χ4v) is 3.89. The third kappa shape index (κ3) is 3.20. The quantitative estimate of drug-likeness (QED) is 0.847. The zero-order chi connectivity index (χ0) is 14.8. The van der Waals surface area contributed by atoms with Gasteiger partial charge in [0.15, 0.2) is 0 Å². The molecule has 0 aromatic heterocycles. The zero-order valence-electron chi connectivity index (χ0n) is 13.0. The van der Waals surface area contributed by atoms with E-state index >= 15 is 0 Å². The Morgan fingerprint density at radius 3 is 2.30 bits per heavy atom. The molecule has 0 saturated carbocycles.